The predicted octanol–water partition coefficient (Wildman–Crippen LogP) is 2.97. The lowest BCUT2D eigenvalue weighted by molar-refractivity contribution is -0.131. The molecule has 3 aromatic rings. The summed E-state index contributed by atoms with van der Waals surface area (Å²) in [5.41, 5.74) is 3.71. The second-order valence-corrected chi connectivity index (χ2v) is 8.20. The van der Waals surface area contributed by atoms with Gasteiger partial charge < -0.3 is 14.8 Å². The SMILES string of the molecule is CC(=O)N1C[C@@H]2C[C@H](C1)c1ccc(NCc3cnc4ccccc4c3)c(=O)n1C2. The van der Waals surface area contributed by atoms with Gasteiger partial charge >= 0.3 is 0 Å². The second-order valence-electron chi connectivity index (χ2n) is 8.20. The van der Waals surface area contributed by atoms with E-state index in [4.69, 9.17) is 0 Å². The molecule has 2 aliphatic heterocycles. The van der Waals surface area contributed by atoms with Crippen molar-refractivity contribution in [3.63, 3.8) is 0 Å². The van der Waals surface area contributed by atoms with Crippen LogP contribution < -0.4 is 10.9 Å². The van der Waals surface area contributed by atoms with Crippen LogP contribution in [-0.4, -0.2) is 33.4 Å². The molecule has 6 nitrogen and oxygen atoms in total. The van der Waals surface area contributed by atoms with E-state index in [0.29, 0.717) is 31.2 Å². The molecule has 2 aromatic heterocycles. The highest BCUT2D eigenvalue weighted by Crippen LogP contribution is 2.35. The lowest BCUT2D eigenvalue weighted by Crippen LogP contribution is -2.48. The number of hydrogen-bond donors (Lipinski definition) is 1. The average molecular weight is 388 g/mol. The number of nitrogens with one attached hydrogen (secondary N) is 1. The van der Waals surface area contributed by atoms with Crippen LogP contribution in [0.5, 0.6) is 0 Å². The van der Waals surface area contributed by atoms with Crippen molar-refractivity contribution in [3.05, 3.63) is 70.3 Å². The van der Waals surface area contributed by atoms with Gasteiger partial charge in [0, 0.05) is 56.3 Å². The molecule has 1 N–H and O–H groups in total. The molecule has 1 aromatic carbocycles. The summed E-state index contributed by atoms with van der Waals surface area (Å²) in [6.45, 7) is 4.32. The minimum Gasteiger partial charge on any atom is -0.376 e. The van der Waals surface area contributed by atoms with Crippen molar-refractivity contribution in [2.24, 2.45) is 5.92 Å². The molecule has 5 rings (SSSR count). The van der Waals surface area contributed by atoms with Crippen molar-refractivity contribution < 1.29 is 4.79 Å². The summed E-state index contributed by atoms with van der Waals surface area (Å²) in [5, 5.41) is 4.39. The van der Waals surface area contributed by atoms with Crippen LogP contribution in [0.3, 0.4) is 0 Å². The Morgan fingerprint density at radius 3 is 2.90 bits per heavy atom. The Kier molecular flexibility index (Phi) is 4.34. The molecular weight excluding hydrogens is 364 g/mol. The molecule has 148 valence electrons. The maximum atomic E-state index is 13.1. The minimum atomic E-state index is 0.0298. The van der Waals surface area contributed by atoms with Crippen LogP contribution in [0.2, 0.25) is 0 Å². The largest absolute Gasteiger partial charge is 0.376 e. The van der Waals surface area contributed by atoms with Gasteiger partial charge in [0.1, 0.15) is 5.69 Å². The Balaban J connectivity index is 1.38. The second kappa shape index (κ2) is 7.03. The van der Waals surface area contributed by atoms with E-state index in [0.717, 1.165) is 35.1 Å². The van der Waals surface area contributed by atoms with Crippen LogP contribution in [0.4, 0.5) is 5.69 Å². The molecule has 0 spiro atoms. The van der Waals surface area contributed by atoms with E-state index in [1.807, 2.05) is 52.1 Å². The smallest absolute Gasteiger partial charge is 0.274 e. The van der Waals surface area contributed by atoms with Gasteiger partial charge in [-0.25, -0.2) is 0 Å². The molecule has 2 bridgehead atoms. The van der Waals surface area contributed by atoms with E-state index in [9.17, 15) is 9.59 Å². The zero-order valence-corrected chi connectivity index (χ0v) is 16.5. The van der Waals surface area contributed by atoms with Crippen LogP contribution in [-0.2, 0) is 17.9 Å². The van der Waals surface area contributed by atoms with E-state index in [1.165, 1.54) is 0 Å². The van der Waals surface area contributed by atoms with Gasteiger partial charge in [0.25, 0.3) is 5.56 Å². The summed E-state index contributed by atoms with van der Waals surface area (Å²) in [5.74, 6) is 0.721. The molecule has 6 heteroatoms. The summed E-state index contributed by atoms with van der Waals surface area (Å²) in [6, 6.07) is 14.1. The van der Waals surface area contributed by atoms with Crippen molar-refractivity contribution >= 4 is 22.5 Å². The van der Waals surface area contributed by atoms with E-state index >= 15 is 0 Å². The van der Waals surface area contributed by atoms with Gasteiger partial charge in [-0.05, 0) is 42.2 Å². The fourth-order valence-electron chi connectivity index (χ4n) is 4.75. The normalized spacial score (nSPS) is 20.4. The summed E-state index contributed by atoms with van der Waals surface area (Å²) in [6.07, 6.45) is 2.91. The first-order valence-electron chi connectivity index (χ1n) is 10.2. The molecule has 4 heterocycles. The van der Waals surface area contributed by atoms with Gasteiger partial charge in [0.05, 0.1) is 5.52 Å². The first-order valence-corrected chi connectivity index (χ1v) is 10.2. The van der Waals surface area contributed by atoms with E-state index in [1.54, 1.807) is 6.92 Å². The Morgan fingerprint density at radius 1 is 1.17 bits per heavy atom. The highest BCUT2D eigenvalue weighted by Gasteiger charge is 2.35. The summed E-state index contributed by atoms with van der Waals surface area (Å²) >= 11 is 0. The number of carbonyl (C=O) groups excluding carboxylic acids is 1. The number of piperidine rings is 1. The van der Waals surface area contributed by atoms with E-state index in [2.05, 4.69) is 16.4 Å². The number of fused-ring (bicyclic) bond motifs is 5. The van der Waals surface area contributed by atoms with Gasteiger partial charge in [-0.3, -0.25) is 14.6 Å². The Hall–Kier alpha value is -3.15. The van der Waals surface area contributed by atoms with Crippen LogP contribution in [0.1, 0.15) is 30.5 Å². The minimum absolute atomic E-state index is 0.0298. The fourth-order valence-corrected chi connectivity index (χ4v) is 4.75. The highest BCUT2D eigenvalue weighted by atomic mass is 16.2. The summed E-state index contributed by atoms with van der Waals surface area (Å²) < 4.78 is 1.91. The fraction of sp³-hybridized carbons (Fsp3) is 0.348. The number of pyridine rings is 2. The van der Waals surface area contributed by atoms with Crippen molar-refractivity contribution in [2.75, 3.05) is 18.4 Å². The third-order valence-corrected chi connectivity index (χ3v) is 6.18. The lowest BCUT2D eigenvalue weighted by atomic mass is 9.83. The van der Waals surface area contributed by atoms with E-state index < -0.39 is 0 Å². The van der Waals surface area contributed by atoms with Gasteiger partial charge in [-0.1, -0.05) is 18.2 Å². The van der Waals surface area contributed by atoms with Gasteiger partial charge in [0.2, 0.25) is 5.91 Å². The molecule has 0 unspecified atom stereocenters. The maximum Gasteiger partial charge on any atom is 0.274 e. The molecular formula is C23H24N4O2. The van der Waals surface area contributed by atoms with Gasteiger partial charge in [0.15, 0.2) is 0 Å². The molecule has 1 fully saturated rings. The first-order chi connectivity index (χ1) is 14.1. The molecule has 0 aliphatic carbocycles. The topological polar surface area (TPSA) is 67.2 Å². The van der Waals surface area contributed by atoms with Crippen LogP contribution >= 0.6 is 0 Å². The van der Waals surface area contributed by atoms with Crippen molar-refractivity contribution in [1.82, 2.24) is 14.5 Å². The summed E-state index contributed by atoms with van der Waals surface area (Å²) in [7, 11) is 0. The zero-order valence-electron chi connectivity index (χ0n) is 16.5. The van der Waals surface area contributed by atoms with Crippen LogP contribution in [0.25, 0.3) is 10.9 Å². The van der Waals surface area contributed by atoms with Crippen LogP contribution in [0.15, 0.2) is 53.5 Å². The molecule has 1 saturated heterocycles. The molecule has 2 aliphatic rings. The lowest BCUT2D eigenvalue weighted by Gasteiger charge is -2.42. The number of hydrogen-bond acceptors (Lipinski definition) is 4. The number of nitrogens with zero attached hydrogens (tertiary/aromatic N) is 3. The molecule has 0 radical (unpaired) electrons. The number of aromatic nitrogens is 2. The maximum absolute atomic E-state index is 13.1. The molecule has 0 saturated carbocycles. The zero-order chi connectivity index (χ0) is 20.0. The number of likely N-dealkylation sites (tertiary alicyclic amines) is 1. The summed E-state index contributed by atoms with van der Waals surface area (Å²) in [4.78, 5) is 31.3. The average Bonchev–Trinajstić information content (AvgIpc) is 2.73. The van der Waals surface area contributed by atoms with Crippen molar-refractivity contribution in [2.45, 2.75) is 32.4 Å². The quantitative estimate of drug-likeness (QED) is 0.749. The molecule has 29 heavy (non-hydrogen) atoms. The number of benzene rings is 1. The van der Waals surface area contributed by atoms with Gasteiger partial charge in [-0.2, -0.15) is 0 Å². The highest BCUT2D eigenvalue weighted by molar-refractivity contribution is 5.78. The Labute approximate surface area is 169 Å². The third-order valence-electron chi connectivity index (χ3n) is 6.18. The van der Waals surface area contributed by atoms with E-state index in [-0.39, 0.29) is 17.4 Å². The number of carbonyl (C=O) groups is 1. The standard InChI is InChI=1S/C23H24N4O2/c1-15(28)26-12-17-9-19(14-26)22-7-6-21(23(29)27(22)13-17)25-11-16-8-18-4-2-3-5-20(18)24-10-16/h2-8,10,17,19,25H,9,11-14H2,1H3/t17-,19+/m0/s1. The molecule has 2 atom stereocenters. The van der Waals surface area contributed by atoms with Crippen molar-refractivity contribution in [1.29, 1.82) is 0 Å². The third kappa shape index (κ3) is 3.28. The number of amides is 1. The number of para-hydroxylation sites is 1. The monoisotopic (exact) mass is 388 g/mol. The predicted molar refractivity (Wildman–Crippen MR) is 113 cm³/mol. The Morgan fingerprint density at radius 2 is 2.03 bits per heavy atom. The van der Waals surface area contributed by atoms with Crippen molar-refractivity contribution in [3.8, 4) is 0 Å². The molecule has 1 amide bonds. The number of anilines is 1. The number of rotatable bonds is 3. The first kappa shape index (κ1) is 17.9. The van der Waals surface area contributed by atoms with Gasteiger partial charge in [-0.15, -0.1) is 0 Å². The Bertz CT molecular complexity index is 1150. The van der Waals surface area contributed by atoms with Crippen LogP contribution in [0, 0.1) is 5.92 Å².